The van der Waals surface area contributed by atoms with E-state index in [4.69, 9.17) is 15.0 Å². The third-order valence-corrected chi connectivity index (χ3v) is 11.3. The molecule has 0 N–H and O–H groups in total. The minimum Gasteiger partial charge on any atom is -0.208 e. The largest absolute Gasteiger partial charge is 0.208 e. The van der Waals surface area contributed by atoms with Crippen molar-refractivity contribution in [2.75, 3.05) is 0 Å². The second kappa shape index (κ2) is 14.1. The fourth-order valence-corrected chi connectivity index (χ4v) is 8.66. The first-order chi connectivity index (χ1) is 28.8. The van der Waals surface area contributed by atoms with Crippen LogP contribution in [0.1, 0.15) is 0 Å². The lowest BCUT2D eigenvalue weighted by molar-refractivity contribution is 1.08. The highest BCUT2D eigenvalue weighted by Gasteiger charge is 2.20. The average molecular weight is 738 g/mol. The van der Waals surface area contributed by atoms with E-state index in [-0.39, 0.29) is 0 Å². The molecular formula is C55H35N3. The van der Waals surface area contributed by atoms with Gasteiger partial charge >= 0.3 is 0 Å². The molecule has 0 fully saturated rings. The van der Waals surface area contributed by atoms with Gasteiger partial charge in [-0.05, 0) is 82.5 Å². The molecule has 3 nitrogen and oxygen atoms in total. The molecule has 0 saturated carbocycles. The molecule has 0 atom stereocenters. The van der Waals surface area contributed by atoms with Crippen molar-refractivity contribution in [3.8, 4) is 67.5 Å². The summed E-state index contributed by atoms with van der Waals surface area (Å²) < 4.78 is 0. The molecule has 0 saturated heterocycles. The molecule has 0 aliphatic rings. The van der Waals surface area contributed by atoms with Crippen LogP contribution in [0, 0.1) is 0 Å². The van der Waals surface area contributed by atoms with Crippen molar-refractivity contribution in [2.24, 2.45) is 0 Å². The number of aromatic nitrogens is 3. The van der Waals surface area contributed by atoms with Crippen LogP contribution in [0.2, 0.25) is 0 Å². The molecule has 11 rings (SSSR count). The van der Waals surface area contributed by atoms with Crippen LogP contribution in [0.4, 0.5) is 0 Å². The van der Waals surface area contributed by atoms with Crippen molar-refractivity contribution in [2.45, 2.75) is 0 Å². The Hall–Kier alpha value is -7.75. The zero-order valence-electron chi connectivity index (χ0n) is 31.5. The number of fused-ring (bicyclic) bond motifs is 4. The fraction of sp³-hybridized carbons (Fsp3) is 0. The highest BCUT2D eigenvalue weighted by molar-refractivity contribution is 6.24. The van der Waals surface area contributed by atoms with Gasteiger partial charge in [-0.3, -0.25) is 0 Å². The van der Waals surface area contributed by atoms with Gasteiger partial charge in [0.1, 0.15) is 0 Å². The molecule has 10 aromatic carbocycles. The Morgan fingerprint density at radius 1 is 0.207 bits per heavy atom. The van der Waals surface area contributed by atoms with E-state index >= 15 is 0 Å². The van der Waals surface area contributed by atoms with Crippen LogP contribution >= 0.6 is 0 Å². The second-order valence-electron chi connectivity index (χ2n) is 14.7. The van der Waals surface area contributed by atoms with Crippen LogP contribution in [0.15, 0.2) is 212 Å². The van der Waals surface area contributed by atoms with Crippen LogP contribution in [-0.2, 0) is 0 Å². The van der Waals surface area contributed by atoms with Gasteiger partial charge in [0, 0.05) is 16.7 Å². The lowest BCUT2D eigenvalue weighted by Gasteiger charge is -2.19. The summed E-state index contributed by atoms with van der Waals surface area (Å²) in [6.07, 6.45) is 0. The first kappa shape index (κ1) is 33.6. The standard InChI is InChI=1S/C55H35N3/c1-3-17-38(18-4-1)51-45-25-11-13-27-47(45)52(48-28-14-12-26-46(48)51)49-34-35-50(44-24-10-9-23-43(44)49)55-57-53(39-19-5-2-6-20-39)56-54(58-55)40-32-30-37(31-33-40)42-29-15-21-36-16-7-8-22-41(36)42/h1-35H. The summed E-state index contributed by atoms with van der Waals surface area (Å²) in [5.41, 5.74) is 10.1. The number of rotatable bonds is 6. The Labute approximate surface area is 336 Å². The van der Waals surface area contributed by atoms with Gasteiger partial charge in [-0.15, -0.1) is 0 Å². The molecule has 1 heterocycles. The van der Waals surface area contributed by atoms with Crippen molar-refractivity contribution in [1.82, 2.24) is 15.0 Å². The van der Waals surface area contributed by atoms with E-state index in [1.807, 2.05) is 18.2 Å². The minimum atomic E-state index is 0.634. The van der Waals surface area contributed by atoms with Gasteiger partial charge in [0.15, 0.2) is 17.5 Å². The van der Waals surface area contributed by atoms with Crippen molar-refractivity contribution >= 4 is 43.1 Å². The van der Waals surface area contributed by atoms with E-state index in [0.29, 0.717) is 17.5 Å². The fourth-order valence-electron chi connectivity index (χ4n) is 8.66. The SMILES string of the molecule is c1ccc(-c2nc(-c3ccc(-c4cccc5ccccc45)cc3)nc(-c3ccc(-c4c5ccccc5c(-c5ccccc5)c5ccccc45)c4ccccc34)n2)cc1. The maximum absolute atomic E-state index is 5.23. The summed E-state index contributed by atoms with van der Waals surface area (Å²) >= 11 is 0. The molecule has 1 aromatic heterocycles. The highest BCUT2D eigenvalue weighted by atomic mass is 15.0. The van der Waals surface area contributed by atoms with E-state index in [1.54, 1.807) is 0 Å². The molecule has 270 valence electrons. The van der Waals surface area contributed by atoms with E-state index in [0.717, 1.165) is 33.0 Å². The zero-order valence-corrected chi connectivity index (χ0v) is 31.5. The molecule has 0 aliphatic carbocycles. The van der Waals surface area contributed by atoms with Crippen molar-refractivity contribution in [3.05, 3.63) is 212 Å². The molecule has 0 bridgehead atoms. The number of benzene rings is 10. The van der Waals surface area contributed by atoms with E-state index in [9.17, 15) is 0 Å². The van der Waals surface area contributed by atoms with E-state index in [1.165, 1.54) is 60.1 Å². The summed E-state index contributed by atoms with van der Waals surface area (Å²) in [7, 11) is 0. The summed E-state index contributed by atoms with van der Waals surface area (Å²) in [5, 5.41) is 9.59. The van der Waals surface area contributed by atoms with Crippen LogP contribution in [-0.4, -0.2) is 15.0 Å². The topological polar surface area (TPSA) is 38.7 Å². The molecule has 0 amide bonds. The van der Waals surface area contributed by atoms with Gasteiger partial charge < -0.3 is 0 Å². The Balaban J connectivity index is 1.10. The second-order valence-corrected chi connectivity index (χ2v) is 14.7. The van der Waals surface area contributed by atoms with Crippen LogP contribution in [0.5, 0.6) is 0 Å². The predicted octanol–water partition coefficient (Wildman–Crippen LogP) is 14.5. The summed E-state index contributed by atoms with van der Waals surface area (Å²) in [4.78, 5) is 15.5. The molecule has 0 aliphatic heterocycles. The molecule has 0 unspecified atom stereocenters. The van der Waals surface area contributed by atoms with Gasteiger partial charge in [0.25, 0.3) is 0 Å². The first-order valence-electron chi connectivity index (χ1n) is 19.7. The number of hydrogen-bond donors (Lipinski definition) is 0. The van der Waals surface area contributed by atoms with E-state index in [2.05, 4.69) is 194 Å². The monoisotopic (exact) mass is 737 g/mol. The molecular weight excluding hydrogens is 703 g/mol. The van der Waals surface area contributed by atoms with Crippen LogP contribution in [0.3, 0.4) is 0 Å². The Bertz CT molecular complexity index is 3260. The van der Waals surface area contributed by atoms with Gasteiger partial charge in [-0.25, -0.2) is 15.0 Å². The third kappa shape index (κ3) is 5.72. The Morgan fingerprint density at radius 3 is 1.24 bits per heavy atom. The van der Waals surface area contributed by atoms with Gasteiger partial charge in [0.2, 0.25) is 0 Å². The maximum Gasteiger partial charge on any atom is 0.164 e. The lowest BCUT2D eigenvalue weighted by Crippen LogP contribution is -2.01. The highest BCUT2D eigenvalue weighted by Crippen LogP contribution is 2.46. The van der Waals surface area contributed by atoms with Gasteiger partial charge in [0.05, 0.1) is 0 Å². The normalized spacial score (nSPS) is 11.4. The van der Waals surface area contributed by atoms with E-state index < -0.39 is 0 Å². The van der Waals surface area contributed by atoms with Crippen molar-refractivity contribution in [1.29, 1.82) is 0 Å². The van der Waals surface area contributed by atoms with Gasteiger partial charge in [-0.2, -0.15) is 0 Å². The summed E-state index contributed by atoms with van der Waals surface area (Å²) in [5.74, 6) is 1.91. The van der Waals surface area contributed by atoms with Crippen molar-refractivity contribution < 1.29 is 0 Å². The van der Waals surface area contributed by atoms with Gasteiger partial charge in [-0.1, -0.05) is 206 Å². The Morgan fingerprint density at radius 2 is 0.621 bits per heavy atom. The van der Waals surface area contributed by atoms with Crippen LogP contribution < -0.4 is 0 Å². The summed E-state index contributed by atoms with van der Waals surface area (Å²) in [6.45, 7) is 0. The van der Waals surface area contributed by atoms with Crippen molar-refractivity contribution in [3.63, 3.8) is 0 Å². The molecule has 58 heavy (non-hydrogen) atoms. The molecule has 3 heteroatoms. The molecule has 11 aromatic rings. The third-order valence-electron chi connectivity index (χ3n) is 11.3. The molecule has 0 spiro atoms. The predicted molar refractivity (Wildman–Crippen MR) is 242 cm³/mol. The Kier molecular flexibility index (Phi) is 8.15. The smallest absolute Gasteiger partial charge is 0.164 e. The molecule has 0 radical (unpaired) electrons. The average Bonchev–Trinajstić information content (AvgIpc) is 3.31. The first-order valence-corrected chi connectivity index (χ1v) is 19.7. The quantitative estimate of drug-likeness (QED) is 0.160. The lowest BCUT2D eigenvalue weighted by atomic mass is 9.84. The number of hydrogen-bond acceptors (Lipinski definition) is 3. The number of nitrogens with zero attached hydrogens (tertiary/aromatic N) is 3. The maximum atomic E-state index is 5.23. The minimum absolute atomic E-state index is 0.634. The zero-order chi connectivity index (χ0) is 38.4. The summed E-state index contributed by atoms with van der Waals surface area (Å²) in [6, 6.07) is 75.3. The van der Waals surface area contributed by atoms with Crippen LogP contribution in [0.25, 0.3) is 111 Å².